The van der Waals surface area contributed by atoms with Crippen molar-refractivity contribution in [1.82, 2.24) is 14.9 Å². The number of aryl methyl sites for hydroxylation is 1. The molecule has 2 heterocycles. The molecular formula is C13H23N5O. The molecule has 0 aromatic carbocycles. The minimum absolute atomic E-state index is 0.0771. The topological polar surface area (TPSA) is 78.2 Å². The third-order valence-electron chi connectivity index (χ3n) is 3.44. The summed E-state index contributed by atoms with van der Waals surface area (Å²) >= 11 is 0. The highest BCUT2D eigenvalue weighted by Crippen LogP contribution is 2.12. The lowest BCUT2D eigenvalue weighted by Gasteiger charge is -2.22. The van der Waals surface area contributed by atoms with E-state index in [1.165, 1.54) is 0 Å². The van der Waals surface area contributed by atoms with E-state index in [4.69, 9.17) is 5.73 Å². The molecule has 1 saturated heterocycles. The maximum absolute atomic E-state index is 11.5. The molecule has 6 nitrogen and oxygen atoms in total. The molecule has 6 heteroatoms. The Labute approximate surface area is 113 Å². The Morgan fingerprint density at radius 3 is 2.95 bits per heavy atom. The van der Waals surface area contributed by atoms with Gasteiger partial charge >= 0.3 is 0 Å². The minimum Gasteiger partial charge on any atom is -0.355 e. The molecule has 0 bridgehead atoms. The van der Waals surface area contributed by atoms with E-state index in [9.17, 15) is 4.79 Å². The van der Waals surface area contributed by atoms with Crippen molar-refractivity contribution < 1.29 is 0 Å². The molecule has 0 radical (unpaired) electrons. The van der Waals surface area contributed by atoms with Crippen LogP contribution in [-0.4, -0.2) is 54.1 Å². The summed E-state index contributed by atoms with van der Waals surface area (Å²) in [5.41, 5.74) is 5.47. The van der Waals surface area contributed by atoms with Gasteiger partial charge in [-0.1, -0.05) is 0 Å². The zero-order valence-corrected chi connectivity index (χ0v) is 11.6. The van der Waals surface area contributed by atoms with Gasteiger partial charge in [0.1, 0.15) is 11.6 Å². The summed E-state index contributed by atoms with van der Waals surface area (Å²) in [6, 6.07) is 1.59. The van der Waals surface area contributed by atoms with E-state index in [-0.39, 0.29) is 5.56 Å². The largest absolute Gasteiger partial charge is 0.355 e. The van der Waals surface area contributed by atoms with Crippen LogP contribution in [0.2, 0.25) is 0 Å². The molecule has 19 heavy (non-hydrogen) atoms. The molecule has 0 atom stereocenters. The summed E-state index contributed by atoms with van der Waals surface area (Å²) in [6.07, 6.45) is 2.14. The summed E-state index contributed by atoms with van der Waals surface area (Å²) in [5.74, 6) is 1.47. The monoisotopic (exact) mass is 265 g/mol. The quantitative estimate of drug-likeness (QED) is 0.797. The molecule has 1 aliphatic rings. The highest BCUT2D eigenvalue weighted by molar-refractivity contribution is 5.37. The number of H-pyrrole nitrogens is 1. The second-order valence-electron chi connectivity index (χ2n) is 5.01. The summed E-state index contributed by atoms with van der Waals surface area (Å²) in [6.45, 7) is 7.60. The predicted octanol–water partition coefficient (Wildman–Crippen LogP) is -0.0608. The van der Waals surface area contributed by atoms with Crippen LogP contribution in [0, 0.1) is 6.92 Å². The third-order valence-corrected chi connectivity index (χ3v) is 3.44. The third kappa shape index (κ3) is 4.04. The fourth-order valence-electron chi connectivity index (χ4n) is 2.46. The zero-order chi connectivity index (χ0) is 13.7. The molecular weight excluding hydrogens is 242 g/mol. The first-order chi connectivity index (χ1) is 9.19. The zero-order valence-electron chi connectivity index (χ0n) is 11.6. The van der Waals surface area contributed by atoms with E-state index in [1.54, 1.807) is 6.07 Å². The second-order valence-corrected chi connectivity index (χ2v) is 5.01. The molecule has 0 unspecified atom stereocenters. The normalized spacial score (nSPS) is 17.5. The summed E-state index contributed by atoms with van der Waals surface area (Å²) < 4.78 is 0. The Bertz CT molecular complexity index is 459. The van der Waals surface area contributed by atoms with E-state index in [0.29, 0.717) is 5.82 Å². The average Bonchev–Trinajstić information content (AvgIpc) is 2.60. The molecule has 106 valence electrons. The van der Waals surface area contributed by atoms with Gasteiger partial charge in [0.05, 0.1) is 0 Å². The van der Waals surface area contributed by atoms with Crippen LogP contribution in [0.3, 0.4) is 0 Å². The molecule has 1 fully saturated rings. The predicted molar refractivity (Wildman–Crippen MR) is 76.5 cm³/mol. The van der Waals surface area contributed by atoms with Gasteiger partial charge in [-0.15, -0.1) is 0 Å². The van der Waals surface area contributed by atoms with Crippen LogP contribution in [0.1, 0.15) is 18.7 Å². The van der Waals surface area contributed by atoms with E-state index < -0.39 is 0 Å². The maximum Gasteiger partial charge on any atom is 0.252 e. The summed E-state index contributed by atoms with van der Waals surface area (Å²) in [7, 11) is 0. The van der Waals surface area contributed by atoms with E-state index in [2.05, 4.69) is 19.8 Å². The molecule has 2 rings (SSSR count). The van der Waals surface area contributed by atoms with Crippen molar-refractivity contribution in [3.63, 3.8) is 0 Å². The van der Waals surface area contributed by atoms with Gasteiger partial charge < -0.3 is 20.5 Å². The minimum atomic E-state index is -0.0771. The Morgan fingerprint density at radius 1 is 1.37 bits per heavy atom. The van der Waals surface area contributed by atoms with Crippen LogP contribution in [0.4, 0.5) is 5.82 Å². The molecule has 0 spiro atoms. The Balaban J connectivity index is 2.00. The van der Waals surface area contributed by atoms with Crippen molar-refractivity contribution in [2.45, 2.75) is 19.8 Å². The van der Waals surface area contributed by atoms with E-state index in [1.807, 2.05) is 6.92 Å². The fraction of sp³-hybridized carbons (Fsp3) is 0.692. The van der Waals surface area contributed by atoms with Crippen molar-refractivity contribution in [1.29, 1.82) is 0 Å². The molecule has 1 aromatic rings. The number of hydrogen-bond donors (Lipinski definition) is 2. The van der Waals surface area contributed by atoms with Crippen LogP contribution in [0.5, 0.6) is 0 Å². The van der Waals surface area contributed by atoms with Gasteiger partial charge in [0.25, 0.3) is 5.56 Å². The van der Waals surface area contributed by atoms with Gasteiger partial charge in [-0.3, -0.25) is 4.79 Å². The van der Waals surface area contributed by atoms with Crippen LogP contribution in [0.25, 0.3) is 0 Å². The van der Waals surface area contributed by atoms with Crippen LogP contribution in [-0.2, 0) is 0 Å². The average molecular weight is 265 g/mol. The lowest BCUT2D eigenvalue weighted by atomic mass is 10.3. The second kappa shape index (κ2) is 6.68. The Morgan fingerprint density at radius 2 is 2.21 bits per heavy atom. The SMILES string of the molecule is Cc1nc(N2CCCN(CCCN)CC2)cc(=O)[nH]1. The Hall–Kier alpha value is -1.40. The van der Waals surface area contributed by atoms with Crippen molar-refractivity contribution in [3.05, 3.63) is 22.2 Å². The highest BCUT2D eigenvalue weighted by atomic mass is 16.1. The van der Waals surface area contributed by atoms with Gasteiger partial charge in [-0.25, -0.2) is 4.98 Å². The first kappa shape index (κ1) is 14.0. The fourth-order valence-corrected chi connectivity index (χ4v) is 2.46. The lowest BCUT2D eigenvalue weighted by Crippen LogP contribution is -2.33. The number of aromatic nitrogens is 2. The molecule has 0 amide bonds. The smallest absolute Gasteiger partial charge is 0.252 e. The lowest BCUT2D eigenvalue weighted by molar-refractivity contribution is 0.291. The summed E-state index contributed by atoms with van der Waals surface area (Å²) in [4.78, 5) is 23.2. The van der Waals surface area contributed by atoms with Crippen molar-refractivity contribution in [2.75, 3.05) is 44.2 Å². The number of nitrogens with two attached hydrogens (primary N) is 1. The van der Waals surface area contributed by atoms with Crippen LogP contribution >= 0.6 is 0 Å². The maximum atomic E-state index is 11.5. The first-order valence-electron chi connectivity index (χ1n) is 6.94. The Kier molecular flexibility index (Phi) is 4.93. The molecule has 3 N–H and O–H groups in total. The van der Waals surface area contributed by atoms with Gasteiger partial charge in [0.2, 0.25) is 0 Å². The standard InChI is InChI=1S/C13H23N5O/c1-11-15-12(10-13(19)16-11)18-7-3-6-17(8-9-18)5-2-4-14/h10H,2-9,14H2,1H3,(H,15,16,19). The molecule has 1 aliphatic heterocycles. The van der Waals surface area contributed by atoms with Gasteiger partial charge in [0.15, 0.2) is 0 Å². The number of hydrogen-bond acceptors (Lipinski definition) is 5. The first-order valence-corrected chi connectivity index (χ1v) is 6.94. The number of aromatic amines is 1. The van der Waals surface area contributed by atoms with E-state index >= 15 is 0 Å². The van der Waals surface area contributed by atoms with Crippen molar-refractivity contribution >= 4 is 5.82 Å². The highest BCUT2D eigenvalue weighted by Gasteiger charge is 2.16. The molecule has 0 aliphatic carbocycles. The van der Waals surface area contributed by atoms with Gasteiger partial charge in [-0.2, -0.15) is 0 Å². The molecule has 0 saturated carbocycles. The number of nitrogens with one attached hydrogen (secondary N) is 1. The van der Waals surface area contributed by atoms with Gasteiger partial charge in [-0.05, 0) is 39.4 Å². The number of nitrogens with zero attached hydrogens (tertiary/aromatic N) is 3. The van der Waals surface area contributed by atoms with Crippen molar-refractivity contribution in [3.8, 4) is 0 Å². The summed E-state index contributed by atoms with van der Waals surface area (Å²) in [5, 5.41) is 0. The number of rotatable bonds is 4. The van der Waals surface area contributed by atoms with Gasteiger partial charge in [0, 0.05) is 25.7 Å². The molecule has 1 aromatic heterocycles. The van der Waals surface area contributed by atoms with Crippen LogP contribution in [0.15, 0.2) is 10.9 Å². The van der Waals surface area contributed by atoms with Crippen molar-refractivity contribution in [2.24, 2.45) is 5.73 Å². The van der Waals surface area contributed by atoms with E-state index in [0.717, 1.165) is 57.9 Å². The van der Waals surface area contributed by atoms with Crippen LogP contribution < -0.4 is 16.2 Å². The number of anilines is 1.